The Bertz CT molecular complexity index is 622. The maximum atomic E-state index is 5.79. The van der Waals surface area contributed by atoms with Gasteiger partial charge in [0.1, 0.15) is 0 Å². The van der Waals surface area contributed by atoms with Gasteiger partial charge < -0.3 is 10.1 Å². The molecule has 1 saturated carbocycles. The van der Waals surface area contributed by atoms with E-state index in [2.05, 4.69) is 43.2 Å². The summed E-state index contributed by atoms with van der Waals surface area (Å²) in [6, 6.07) is 6.56. The van der Waals surface area contributed by atoms with E-state index in [9.17, 15) is 0 Å². The summed E-state index contributed by atoms with van der Waals surface area (Å²) >= 11 is 0. The summed E-state index contributed by atoms with van der Waals surface area (Å²) in [6.45, 7) is 9.52. The first-order chi connectivity index (χ1) is 10.0. The molecule has 0 aliphatic heterocycles. The Balaban J connectivity index is 1.71. The average molecular weight is 288 g/mol. The lowest BCUT2D eigenvalue weighted by atomic mass is 9.64. The summed E-state index contributed by atoms with van der Waals surface area (Å²) in [7, 11) is 0. The van der Waals surface area contributed by atoms with Gasteiger partial charge in [-0.25, -0.2) is 0 Å². The van der Waals surface area contributed by atoms with Gasteiger partial charge in [0.25, 0.3) is 0 Å². The maximum absolute atomic E-state index is 5.79. The molecule has 21 heavy (non-hydrogen) atoms. The lowest BCUT2D eigenvalue weighted by Gasteiger charge is -2.52. The number of ether oxygens (including phenoxy) is 1. The van der Waals surface area contributed by atoms with Crippen molar-refractivity contribution in [3.63, 3.8) is 0 Å². The van der Waals surface area contributed by atoms with Crippen molar-refractivity contribution in [2.75, 3.05) is 6.61 Å². The van der Waals surface area contributed by atoms with Gasteiger partial charge in [0, 0.05) is 24.3 Å². The fraction of sp³-hybridized carbons (Fsp3) is 0.625. The molecule has 0 bridgehead atoms. The second kappa shape index (κ2) is 5.39. The summed E-state index contributed by atoms with van der Waals surface area (Å²) in [5, 5.41) is 12.2. The molecule has 2 aromatic rings. The molecule has 3 atom stereocenters. The van der Waals surface area contributed by atoms with Gasteiger partial charge in [-0.15, -0.1) is 10.2 Å². The number of hydrogen-bond donors (Lipinski definition) is 1. The SMILES string of the molecule is CCOC1CC(NC(C)c2nnc3ccccn23)C1(C)C. The van der Waals surface area contributed by atoms with Crippen molar-refractivity contribution in [1.29, 1.82) is 0 Å². The molecule has 0 amide bonds. The molecule has 1 aliphatic rings. The van der Waals surface area contributed by atoms with Crippen molar-refractivity contribution >= 4 is 5.65 Å². The van der Waals surface area contributed by atoms with Gasteiger partial charge in [-0.05, 0) is 32.4 Å². The minimum atomic E-state index is 0.158. The minimum Gasteiger partial charge on any atom is -0.378 e. The molecule has 0 saturated heterocycles. The zero-order chi connectivity index (χ0) is 15.0. The highest BCUT2D eigenvalue weighted by Crippen LogP contribution is 2.43. The zero-order valence-corrected chi connectivity index (χ0v) is 13.2. The molecule has 0 radical (unpaired) electrons. The predicted molar refractivity (Wildman–Crippen MR) is 82.1 cm³/mol. The highest BCUT2D eigenvalue weighted by molar-refractivity contribution is 5.37. The first-order valence-electron chi connectivity index (χ1n) is 7.71. The Morgan fingerprint density at radius 2 is 2.24 bits per heavy atom. The third-order valence-corrected chi connectivity index (χ3v) is 4.72. The van der Waals surface area contributed by atoms with Gasteiger partial charge in [-0.2, -0.15) is 0 Å². The lowest BCUT2D eigenvalue weighted by Crippen LogP contribution is -2.61. The van der Waals surface area contributed by atoms with E-state index >= 15 is 0 Å². The highest BCUT2D eigenvalue weighted by atomic mass is 16.5. The summed E-state index contributed by atoms with van der Waals surface area (Å²) in [4.78, 5) is 0. The van der Waals surface area contributed by atoms with Crippen molar-refractivity contribution in [2.45, 2.75) is 52.3 Å². The van der Waals surface area contributed by atoms with Crippen LogP contribution in [0.25, 0.3) is 5.65 Å². The van der Waals surface area contributed by atoms with E-state index in [-0.39, 0.29) is 11.5 Å². The normalized spacial score (nSPS) is 25.7. The van der Waals surface area contributed by atoms with E-state index in [1.165, 1.54) is 0 Å². The monoisotopic (exact) mass is 288 g/mol. The standard InChI is InChI=1S/C16H24N4O/c1-5-21-13-10-12(16(13,3)4)17-11(2)15-19-18-14-8-6-7-9-20(14)15/h6-9,11-13,17H,5,10H2,1-4H3. The van der Waals surface area contributed by atoms with Crippen molar-refractivity contribution in [1.82, 2.24) is 19.9 Å². The number of fused-ring (bicyclic) bond motifs is 1. The third kappa shape index (κ3) is 2.45. The molecule has 114 valence electrons. The predicted octanol–water partition coefficient (Wildman–Crippen LogP) is 2.58. The van der Waals surface area contributed by atoms with Crippen molar-refractivity contribution in [2.24, 2.45) is 5.41 Å². The fourth-order valence-electron chi connectivity index (χ4n) is 3.18. The summed E-state index contributed by atoms with van der Waals surface area (Å²) < 4.78 is 7.84. The van der Waals surface area contributed by atoms with Crippen LogP contribution in [-0.2, 0) is 4.74 Å². The lowest BCUT2D eigenvalue weighted by molar-refractivity contribution is -0.116. The minimum absolute atomic E-state index is 0.158. The van der Waals surface area contributed by atoms with E-state index in [4.69, 9.17) is 4.74 Å². The van der Waals surface area contributed by atoms with Crippen molar-refractivity contribution in [3.05, 3.63) is 30.2 Å². The molecule has 2 heterocycles. The van der Waals surface area contributed by atoms with Crippen LogP contribution in [0.3, 0.4) is 0 Å². The molecule has 1 aliphatic carbocycles. The molecule has 3 rings (SSSR count). The Hall–Kier alpha value is -1.46. The fourth-order valence-corrected chi connectivity index (χ4v) is 3.18. The number of aromatic nitrogens is 3. The van der Waals surface area contributed by atoms with Crippen LogP contribution in [0.2, 0.25) is 0 Å². The topological polar surface area (TPSA) is 51.5 Å². The van der Waals surface area contributed by atoms with Gasteiger partial charge in [0.15, 0.2) is 11.5 Å². The Labute approximate surface area is 125 Å². The van der Waals surface area contributed by atoms with Crippen LogP contribution in [0.1, 0.15) is 46.0 Å². The number of nitrogens with zero attached hydrogens (tertiary/aromatic N) is 3. The van der Waals surface area contributed by atoms with Gasteiger partial charge in [-0.3, -0.25) is 4.40 Å². The van der Waals surface area contributed by atoms with Gasteiger partial charge in [0.2, 0.25) is 0 Å². The second-order valence-corrected chi connectivity index (χ2v) is 6.43. The molecule has 1 N–H and O–H groups in total. The molecule has 3 unspecified atom stereocenters. The van der Waals surface area contributed by atoms with Crippen LogP contribution in [0.15, 0.2) is 24.4 Å². The van der Waals surface area contributed by atoms with Crippen molar-refractivity contribution < 1.29 is 4.74 Å². The van der Waals surface area contributed by atoms with E-state index in [1.54, 1.807) is 0 Å². The van der Waals surface area contributed by atoms with Crippen LogP contribution >= 0.6 is 0 Å². The van der Waals surface area contributed by atoms with Crippen LogP contribution in [0.5, 0.6) is 0 Å². The summed E-state index contributed by atoms with van der Waals surface area (Å²) in [6.07, 6.45) is 3.42. The van der Waals surface area contributed by atoms with Gasteiger partial charge in [-0.1, -0.05) is 19.9 Å². The smallest absolute Gasteiger partial charge is 0.160 e. The third-order valence-electron chi connectivity index (χ3n) is 4.72. The highest BCUT2D eigenvalue weighted by Gasteiger charge is 2.49. The number of pyridine rings is 1. The molecular formula is C16H24N4O. The van der Waals surface area contributed by atoms with E-state index < -0.39 is 0 Å². The second-order valence-electron chi connectivity index (χ2n) is 6.43. The first-order valence-corrected chi connectivity index (χ1v) is 7.71. The Morgan fingerprint density at radius 1 is 1.43 bits per heavy atom. The Morgan fingerprint density at radius 3 is 2.95 bits per heavy atom. The first kappa shape index (κ1) is 14.5. The van der Waals surface area contributed by atoms with Crippen molar-refractivity contribution in [3.8, 4) is 0 Å². The van der Waals surface area contributed by atoms with E-state index in [1.807, 2.05) is 28.8 Å². The molecular weight excluding hydrogens is 264 g/mol. The van der Waals surface area contributed by atoms with Gasteiger partial charge in [0.05, 0.1) is 12.1 Å². The molecule has 1 fully saturated rings. The largest absolute Gasteiger partial charge is 0.378 e. The average Bonchev–Trinajstić information content (AvgIpc) is 2.90. The summed E-state index contributed by atoms with van der Waals surface area (Å²) in [5.41, 5.74) is 1.05. The van der Waals surface area contributed by atoms with Gasteiger partial charge >= 0.3 is 0 Å². The van der Waals surface area contributed by atoms with E-state index in [0.717, 1.165) is 24.5 Å². The number of hydrogen-bond acceptors (Lipinski definition) is 4. The van der Waals surface area contributed by atoms with Crippen LogP contribution in [-0.4, -0.2) is 33.4 Å². The molecule has 5 nitrogen and oxygen atoms in total. The molecule has 0 aromatic carbocycles. The van der Waals surface area contributed by atoms with Crippen LogP contribution in [0.4, 0.5) is 0 Å². The van der Waals surface area contributed by atoms with Crippen LogP contribution < -0.4 is 5.32 Å². The molecule has 5 heteroatoms. The maximum Gasteiger partial charge on any atom is 0.160 e. The zero-order valence-electron chi connectivity index (χ0n) is 13.2. The van der Waals surface area contributed by atoms with Crippen LogP contribution in [0, 0.1) is 5.41 Å². The number of nitrogens with one attached hydrogen (secondary N) is 1. The van der Waals surface area contributed by atoms with E-state index in [0.29, 0.717) is 12.1 Å². The Kier molecular flexibility index (Phi) is 3.71. The molecule has 2 aromatic heterocycles. The summed E-state index contributed by atoms with van der Waals surface area (Å²) in [5.74, 6) is 0.959. The molecule has 0 spiro atoms. The quantitative estimate of drug-likeness (QED) is 0.919. The number of rotatable bonds is 5.